The lowest BCUT2D eigenvalue weighted by Crippen LogP contribution is -2.39. The Labute approximate surface area is 111 Å². The molecule has 1 nitrogen and oxygen atoms in total. The van der Waals surface area contributed by atoms with Crippen molar-refractivity contribution in [1.82, 2.24) is 0 Å². The predicted molar refractivity (Wildman–Crippen MR) is 72.4 cm³/mol. The van der Waals surface area contributed by atoms with E-state index in [1.807, 2.05) is 12.1 Å². The number of benzene rings is 1. The van der Waals surface area contributed by atoms with Gasteiger partial charge in [-0.1, -0.05) is 35.3 Å². The summed E-state index contributed by atoms with van der Waals surface area (Å²) in [5, 5.41) is 0. The van der Waals surface area contributed by atoms with Crippen molar-refractivity contribution >= 4 is 15.9 Å². The lowest BCUT2D eigenvalue weighted by Gasteiger charge is -2.24. The largest absolute Gasteiger partial charge is 0.325 e. The van der Waals surface area contributed by atoms with Crippen molar-refractivity contribution in [3.8, 4) is 0 Å². The third-order valence-electron chi connectivity index (χ3n) is 3.88. The lowest BCUT2D eigenvalue weighted by atomic mass is 9.89. The smallest absolute Gasteiger partial charge is 0.127 e. The van der Waals surface area contributed by atoms with Crippen LogP contribution in [0.4, 0.5) is 4.39 Å². The highest BCUT2D eigenvalue weighted by Crippen LogP contribution is 2.37. The molecule has 2 N–H and O–H groups in total. The van der Waals surface area contributed by atoms with E-state index in [-0.39, 0.29) is 11.4 Å². The molecular formula is C14H19BrFN. The monoisotopic (exact) mass is 299 g/mol. The van der Waals surface area contributed by atoms with Gasteiger partial charge in [-0.2, -0.15) is 0 Å². The van der Waals surface area contributed by atoms with Crippen LogP contribution in [0.1, 0.15) is 38.2 Å². The Balaban J connectivity index is 2.10. The Bertz CT molecular complexity index is 407. The van der Waals surface area contributed by atoms with Crippen molar-refractivity contribution in [2.24, 2.45) is 11.7 Å². The molecule has 0 spiro atoms. The zero-order valence-corrected chi connectivity index (χ0v) is 11.8. The van der Waals surface area contributed by atoms with Gasteiger partial charge >= 0.3 is 0 Å². The van der Waals surface area contributed by atoms with E-state index >= 15 is 0 Å². The van der Waals surface area contributed by atoms with E-state index in [0.717, 1.165) is 28.8 Å². The summed E-state index contributed by atoms with van der Waals surface area (Å²) in [4.78, 5) is 0. The van der Waals surface area contributed by atoms with Crippen LogP contribution in [0.3, 0.4) is 0 Å². The molecule has 1 saturated carbocycles. The maximum atomic E-state index is 13.8. The Morgan fingerprint density at radius 3 is 2.88 bits per heavy atom. The quantitative estimate of drug-likeness (QED) is 0.896. The summed E-state index contributed by atoms with van der Waals surface area (Å²) in [6, 6.07) is 5.24. The maximum absolute atomic E-state index is 13.8. The summed E-state index contributed by atoms with van der Waals surface area (Å²) in [7, 11) is 0. The van der Waals surface area contributed by atoms with Crippen LogP contribution in [0.5, 0.6) is 0 Å². The third-order valence-corrected chi connectivity index (χ3v) is 4.37. The van der Waals surface area contributed by atoms with Crippen LogP contribution in [-0.4, -0.2) is 5.54 Å². The van der Waals surface area contributed by atoms with Gasteiger partial charge in [0.1, 0.15) is 5.82 Å². The first-order chi connectivity index (χ1) is 8.02. The molecule has 2 rings (SSSR count). The zero-order chi connectivity index (χ0) is 12.5. The van der Waals surface area contributed by atoms with E-state index in [1.54, 1.807) is 0 Å². The summed E-state index contributed by atoms with van der Waals surface area (Å²) in [6.07, 6.45) is 5.07. The van der Waals surface area contributed by atoms with Crippen LogP contribution in [0.25, 0.3) is 0 Å². The molecule has 0 aliphatic heterocycles. The normalized spacial score (nSPS) is 28.6. The van der Waals surface area contributed by atoms with E-state index in [4.69, 9.17) is 5.73 Å². The fourth-order valence-electron chi connectivity index (χ4n) is 2.82. The first kappa shape index (κ1) is 13.0. The number of rotatable bonds is 3. The lowest BCUT2D eigenvalue weighted by molar-refractivity contribution is 0.400. The Morgan fingerprint density at radius 1 is 1.53 bits per heavy atom. The molecule has 2 atom stereocenters. The molecule has 0 saturated heterocycles. The Kier molecular flexibility index (Phi) is 3.88. The molecule has 0 heterocycles. The molecule has 3 heteroatoms. The highest BCUT2D eigenvalue weighted by molar-refractivity contribution is 9.10. The Hall–Kier alpha value is -0.410. The van der Waals surface area contributed by atoms with E-state index in [0.29, 0.717) is 6.42 Å². The second-order valence-corrected chi connectivity index (χ2v) is 6.21. The molecule has 1 fully saturated rings. The van der Waals surface area contributed by atoms with Crippen LogP contribution >= 0.6 is 15.9 Å². The van der Waals surface area contributed by atoms with Crippen LogP contribution < -0.4 is 5.73 Å². The molecule has 1 aromatic carbocycles. The van der Waals surface area contributed by atoms with Gasteiger partial charge in [0.15, 0.2) is 0 Å². The van der Waals surface area contributed by atoms with Gasteiger partial charge in [0.05, 0.1) is 0 Å². The van der Waals surface area contributed by atoms with Crippen molar-refractivity contribution in [2.75, 3.05) is 0 Å². The molecule has 1 aliphatic rings. The van der Waals surface area contributed by atoms with Crippen molar-refractivity contribution in [1.29, 1.82) is 0 Å². The van der Waals surface area contributed by atoms with Crippen LogP contribution in [0.15, 0.2) is 22.7 Å². The standard InChI is InChI=1S/C14H19BrFN/c1-2-10-5-6-14(17,8-10)9-11-3-4-12(15)7-13(11)16/h3-4,7,10H,2,5-6,8-9,17H2,1H3. The average molecular weight is 300 g/mol. The first-order valence-corrected chi connectivity index (χ1v) is 7.04. The van der Waals surface area contributed by atoms with E-state index in [9.17, 15) is 4.39 Å². The fraction of sp³-hybridized carbons (Fsp3) is 0.571. The van der Waals surface area contributed by atoms with Gasteiger partial charge in [0.2, 0.25) is 0 Å². The van der Waals surface area contributed by atoms with Gasteiger partial charge in [-0.05, 0) is 49.3 Å². The summed E-state index contributed by atoms with van der Waals surface area (Å²) in [5.74, 6) is 0.572. The van der Waals surface area contributed by atoms with Gasteiger partial charge in [-0.15, -0.1) is 0 Å². The van der Waals surface area contributed by atoms with Gasteiger partial charge in [0.25, 0.3) is 0 Å². The highest BCUT2D eigenvalue weighted by Gasteiger charge is 2.35. The van der Waals surface area contributed by atoms with Crippen LogP contribution in [0.2, 0.25) is 0 Å². The summed E-state index contributed by atoms with van der Waals surface area (Å²) < 4.78 is 14.5. The van der Waals surface area contributed by atoms with Crippen molar-refractivity contribution in [2.45, 2.75) is 44.6 Å². The maximum Gasteiger partial charge on any atom is 0.127 e. The van der Waals surface area contributed by atoms with E-state index in [1.165, 1.54) is 18.9 Å². The molecule has 17 heavy (non-hydrogen) atoms. The third kappa shape index (κ3) is 3.08. The van der Waals surface area contributed by atoms with Crippen molar-refractivity contribution in [3.63, 3.8) is 0 Å². The van der Waals surface area contributed by atoms with E-state index < -0.39 is 0 Å². The topological polar surface area (TPSA) is 26.0 Å². The van der Waals surface area contributed by atoms with Gasteiger partial charge in [-0.25, -0.2) is 4.39 Å². The number of nitrogens with two attached hydrogens (primary N) is 1. The number of hydrogen-bond donors (Lipinski definition) is 1. The van der Waals surface area contributed by atoms with Crippen LogP contribution in [-0.2, 0) is 6.42 Å². The summed E-state index contributed by atoms with van der Waals surface area (Å²) >= 11 is 3.27. The minimum absolute atomic E-state index is 0.149. The SMILES string of the molecule is CCC1CCC(N)(Cc2ccc(Br)cc2F)C1. The van der Waals surface area contributed by atoms with Crippen molar-refractivity contribution < 1.29 is 4.39 Å². The molecule has 2 unspecified atom stereocenters. The molecule has 1 aliphatic carbocycles. The minimum Gasteiger partial charge on any atom is -0.325 e. The average Bonchev–Trinajstić information content (AvgIpc) is 2.65. The van der Waals surface area contributed by atoms with Crippen molar-refractivity contribution in [3.05, 3.63) is 34.1 Å². The second-order valence-electron chi connectivity index (χ2n) is 5.29. The molecule has 0 amide bonds. The molecule has 0 bridgehead atoms. The molecule has 0 aromatic heterocycles. The van der Waals surface area contributed by atoms with Crippen LogP contribution in [0, 0.1) is 11.7 Å². The zero-order valence-electron chi connectivity index (χ0n) is 10.2. The fourth-order valence-corrected chi connectivity index (χ4v) is 3.16. The molecule has 1 aromatic rings. The molecule has 0 radical (unpaired) electrons. The second kappa shape index (κ2) is 5.07. The highest BCUT2D eigenvalue weighted by atomic mass is 79.9. The summed E-state index contributed by atoms with van der Waals surface area (Å²) in [5.41, 5.74) is 6.93. The van der Waals surface area contributed by atoms with Gasteiger partial charge < -0.3 is 5.73 Å². The first-order valence-electron chi connectivity index (χ1n) is 6.25. The molecule has 94 valence electrons. The Morgan fingerprint density at radius 2 is 2.29 bits per heavy atom. The summed E-state index contributed by atoms with van der Waals surface area (Å²) in [6.45, 7) is 2.20. The number of halogens is 2. The van der Waals surface area contributed by atoms with E-state index in [2.05, 4.69) is 22.9 Å². The predicted octanol–water partition coefficient (Wildman–Crippen LogP) is 4.04. The van der Waals surface area contributed by atoms with Gasteiger partial charge in [-0.3, -0.25) is 0 Å². The molecular weight excluding hydrogens is 281 g/mol. The number of hydrogen-bond acceptors (Lipinski definition) is 1. The minimum atomic E-state index is -0.199. The van der Waals surface area contributed by atoms with Gasteiger partial charge in [0, 0.05) is 10.0 Å².